The number of rotatable bonds is 5. The van der Waals surface area contributed by atoms with Crippen LogP contribution < -0.4 is 4.90 Å². The van der Waals surface area contributed by atoms with Gasteiger partial charge in [-0.1, -0.05) is 18.2 Å². The molecule has 0 amide bonds. The molecule has 1 saturated heterocycles. The van der Waals surface area contributed by atoms with Crippen LogP contribution in [0.4, 0.5) is 5.69 Å². The number of hydrogen-bond acceptors (Lipinski definition) is 3. The second-order valence-electron chi connectivity index (χ2n) is 8.21. The van der Waals surface area contributed by atoms with Gasteiger partial charge in [0, 0.05) is 67.4 Å². The van der Waals surface area contributed by atoms with Crippen LogP contribution in [0.15, 0.2) is 66.7 Å². The molecule has 0 spiro atoms. The van der Waals surface area contributed by atoms with Crippen LogP contribution in [-0.2, 0) is 6.54 Å². The molecule has 4 aromatic rings. The Balaban J connectivity index is 1.31. The molecule has 0 bridgehead atoms. The van der Waals surface area contributed by atoms with Crippen molar-refractivity contribution in [1.29, 1.82) is 0 Å². The van der Waals surface area contributed by atoms with Crippen LogP contribution in [0.1, 0.15) is 0 Å². The fourth-order valence-electron chi connectivity index (χ4n) is 4.64. The number of halogens is 2. The van der Waals surface area contributed by atoms with Crippen molar-refractivity contribution in [2.24, 2.45) is 0 Å². The number of anilines is 1. The molecule has 1 N–H and O–H groups in total. The quantitative estimate of drug-likeness (QED) is 0.306. The summed E-state index contributed by atoms with van der Waals surface area (Å²) >= 11 is 4.75. The van der Waals surface area contributed by atoms with Crippen LogP contribution in [0.2, 0.25) is 0 Å². The molecule has 0 saturated carbocycles. The molecule has 1 aliphatic rings. The first-order valence-electron chi connectivity index (χ1n) is 10.7. The van der Waals surface area contributed by atoms with Crippen LogP contribution >= 0.6 is 45.2 Å². The van der Waals surface area contributed by atoms with Gasteiger partial charge in [-0.15, -0.1) is 0 Å². The largest absolute Gasteiger partial charge is 0.390 e. The highest BCUT2D eigenvalue weighted by Gasteiger charge is 2.21. The summed E-state index contributed by atoms with van der Waals surface area (Å²) in [4.78, 5) is 4.82. The molecule has 6 heteroatoms. The fourth-order valence-corrected chi connectivity index (χ4v) is 5.62. The second kappa shape index (κ2) is 9.25. The molecule has 1 fully saturated rings. The van der Waals surface area contributed by atoms with E-state index in [2.05, 4.69) is 126 Å². The summed E-state index contributed by atoms with van der Waals surface area (Å²) in [5.74, 6) is 0. The first-order valence-corrected chi connectivity index (χ1v) is 12.8. The summed E-state index contributed by atoms with van der Waals surface area (Å²) in [5.41, 5.74) is 3.69. The van der Waals surface area contributed by atoms with Crippen LogP contribution in [0.3, 0.4) is 0 Å². The Kier molecular flexibility index (Phi) is 6.41. The van der Waals surface area contributed by atoms with E-state index in [1.807, 2.05) is 0 Å². The van der Waals surface area contributed by atoms with Crippen molar-refractivity contribution >= 4 is 72.7 Å². The average Bonchev–Trinajstić information content (AvgIpc) is 3.07. The summed E-state index contributed by atoms with van der Waals surface area (Å²) in [6, 6.07) is 23.8. The monoisotopic (exact) mass is 637 g/mol. The molecule has 4 nitrogen and oxygen atoms in total. The Morgan fingerprint density at radius 2 is 1.32 bits per heavy atom. The number of para-hydroxylation sites is 1. The maximum atomic E-state index is 11.0. The van der Waals surface area contributed by atoms with Crippen LogP contribution in [0, 0.1) is 7.14 Å². The number of aliphatic hydroxyl groups excluding tert-OH is 1. The maximum Gasteiger partial charge on any atom is 0.0845 e. The lowest BCUT2D eigenvalue weighted by Gasteiger charge is -2.37. The summed E-state index contributed by atoms with van der Waals surface area (Å²) in [6.07, 6.45) is -0.402. The van der Waals surface area contributed by atoms with Crippen molar-refractivity contribution in [3.8, 4) is 0 Å². The molecule has 1 aromatic heterocycles. The van der Waals surface area contributed by atoms with Crippen LogP contribution in [0.5, 0.6) is 0 Å². The number of benzene rings is 3. The third-order valence-corrected chi connectivity index (χ3v) is 7.49. The van der Waals surface area contributed by atoms with Crippen molar-refractivity contribution in [2.45, 2.75) is 12.6 Å². The van der Waals surface area contributed by atoms with E-state index in [1.165, 1.54) is 34.6 Å². The minimum absolute atomic E-state index is 0.402. The second-order valence-corrected chi connectivity index (χ2v) is 10.7. The number of aromatic nitrogens is 1. The number of hydrogen-bond donors (Lipinski definition) is 1. The maximum absolute atomic E-state index is 11.0. The lowest BCUT2D eigenvalue weighted by molar-refractivity contribution is 0.0969. The Bertz CT molecular complexity index is 1140. The first-order chi connectivity index (χ1) is 15.1. The Labute approximate surface area is 210 Å². The smallest absolute Gasteiger partial charge is 0.0845 e. The van der Waals surface area contributed by atoms with Gasteiger partial charge in [-0.3, -0.25) is 4.90 Å². The third kappa shape index (κ3) is 4.58. The molecule has 2 heterocycles. The van der Waals surface area contributed by atoms with Gasteiger partial charge in [0.25, 0.3) is 0 Å². The van der Waals surface area contributed by atoms with Gasteiger partial charge in [-0.2, -0.15) is 0 Å². The van der Waals surface area contributed by atoms with E-state index in [0.717, 1.165) is 26.2 Å². The minimum Gasteiger partial charge on any atom is -0.390 e. The lowest BCUT2D eigenvalue weighted by Crippen LogP contribution is -2.49. The van der Waals surface area contributed by atoms with E-state index in [9.17, 15) is 5.11 Å². The Hall–Kier alpha value is -1.36. The van der Waals surface area contributed by atoms with Crippen molar-refractivity contribution in [3.05, 3.63) is 73.9 Å². The Morgan fingerprint density at radius 1 is 0.742 bits per heavy atom. The van der Waals surface area contributed by atoms with Crippen LogP contribution in [0.25, 0.3) is 21.8 Å². The number of piperazine rings is 1. The van der Waals surface area contributed by atoms with Gasteiger partial charge in [0.05, 0.1) is 12.6 Å². The van der Waals surface area contributed by atoms with Gasteiger partial charge in [-0.25, -0.2) is 0 Å². The summed E-state index contributed by atoms with van der Waals surface area (Å²) in [6.45, 7) is 5.29. The molecule has 0 aliphatic carbocycles. The van der Waals surface area contributed by atoms with E-state index in [1.54, 1.807) is 0 Å². The molecular formula is C25H25I2N3O. The first kappa shape index (κ1) is 21.5. The van der Waals surface area contributed by atoms with Gasteiger partial charge < -0.3 is 14.6 Å². The predicted octanol–water partition coefficient (Wildman–Crippen LogP) is 5.19. The van der Waals surface area contributed by atoms with Crippen molar-refractivity contribution in [2.75, 3.05) is 37.6 Å². The summed E-state index contributed by atoms with van der Waals surface area (Å²) < 4.78 is 4.77. The van der Waals surface area contributed by atoms with E-state index in [0.29, 0.717) is 13.1 Å². The zero-order valence-electron chi connectivity index (χ0n) is 17.2. The zero-order chi connectivity index (χ0) is 21.4. The van der Waals surface area contributed by atoms with Gasteiger partial charge in [0.2, 0.25) is 0 Å². The predicted molar refractivity (Wildman–Crippen MR) is 146 cm³/mol. The highest BCUT2D eigenvalue weighted by molar-refractivity contribution is 14.1. The average molecular weight is 637 g/mol. The molecule has 31 heavy (non-hydrogen) atoms. The van der Waals surface area contributed by atoms with E-state index >= 15 is 0 Å². The topological polar surface area (TPSA) is 31.6 Å². The minimum atomic E-state index is -0.402. The highest BCUT2D eigenvalue weighted by Crippen LogP contribution is 2.31. The van der Waals surface area contributed by atoms with Gasteiger partial charge in [0.15, 0.2) is 0 Å². The van der Waals surface area contributed by atoms with Gasteiger partial charge in [0.1, 0.15) is 0 Å². The number of nitrogens with zero attached hydrogens (tertiary/aromatic N) is 3. The SMILES string of the molecule is OC(CN1CCN(c2ccccc2)CC1)Cn1c2ccc(I)cc2c2cc(I)ccc21. The molecule has 0 radical (unpaired) electrons. The molecule has 1 atom stereocenters. The number of β-amino-alcohol motifs (C(OH)–C–C–N with tert-alkyl or cyclic N) is 1. The molecular weight excluding hydrogens is 612 g/mol. The summed E-state index contributed by atoms with van der Waals surface area (Å²) in [5, 5.41) is 13.5. The standard InChI is InChI=1S/C25H25I2N3O/c26-18-6-8-24-22(14-18)23-15-19(27)7-9-25(23)30(24)17-21(31)16-28-10-12-29(13-11-28)20-4-2-1-3-5-20/h1-9,14-15,21,31H,10-13,16-17H2. The van der Waals surface area contributed by atoms with E-state index in [-0.39, 0.29) is 0 Å². The fraction of sp³-hybridized carbons (Fsp3) is 0.280. The third-order valence-electron chi connectivity index (χ3n) is 6.14. The molecule has 3 aromatic carbocycles. The normalized spacial score (nSPS) is 16.3. The highest BCUT2D eigenvalue weighted by atomic mass is 127. The summed E-state index contributed by atoms with van der Waals surface area (Å²) in [7, 11) is 0. The van der Waals surface area contributed by atoms with E-state index in [4.69, 9.17) is 0 Å². The zero-order valence-corrected chi connectivity index (χ0v) is 21.5. The van der Waals surface area contributed by atoms with E-state index < -0.39 is 6.10 Å². The number of fused-ring (bicyclic) bond motifs is 3. The molecule has 1 unspecified atom stereocenters. The van der Waals surface area contributed by atoms with Gasteiger partial charge in [-0.05, 0) is 93.7 Å². The van der Waals surface area contributed by atoms with Crippen molar-refractivity contribution in [1.82, 2.24) is 9.47 Å². The van der Waals surface area contributed by atoms with Crippen molar-refractivity contribution in [3.63, 3.8) is 0 Å². The Morgan fingerprint density at radius 3 is 1.90 bits per heavy atom. The van der Waals surface area contributed by atoms with Crippen molar-refractivity contribution < 1.29 is 5.11 Å². The molecule has 160 valence electrons. The lowest BCUT2D eigenvalue weighted by atomic mass is 10.2. The van der Waals surface area contributed by atoms with Crippen LogP contribution in [-0.4, -0.2) is 53.4 Å². The van der Waals surface area contributed by atoms with Gasteiger partial charge >= 0.3 is 0 Å². The number of aliphatic hydroxyl groups is 1. The molecule has 5 rings (SSSR count). The molecule has 1 aliphatic heterocycles.